The summed E-state index contributed by atoms with van der Waals surface area (Å²) < 4.78 is 0. The van der Waals surface area contributed by atoms with Gasteiger partial charge >= 0.3 is 0 Å². The maximum Gasteiger partial charge on any atom is 0.239 e. The highest BCUT2D eigenvalue weighted by Gasteiger charge is 2.26. The molecule has 0 saturated heterocycles. The van der Waals surface area contributed by atoms with Crippen LogP contribution in [-0.2, 0) is 24.2 Å². The zero-order chi connectivity index (χ0) is 15.4. The van der Waals surface area contributed by atoms with Crippen LogP contribution in [0.4, 0.5) is 0 Å². The van der Waals surface area contributed by atoms with Gasteiger partial charge in [0.15, 0.2) is 0 Å². The van der Waals surface area contributed by atoms with Gasteiger partial charge in [0.05, 0.1) is 6.04 Å². The predicted octanol–water partition coefficient (Wildman–Crippen LogP) is 2.40. The molecule has 1 amide bonds. The number of likely N-dealkylation sites (N-methyl/N-ethyl adjacent to an activating group) is 1. The second kappa shape index (κ2) is 6.75. The van der Waals surface area contributed by atoms with E-state index in [0.29, 0.717) is 0 Å². The lowest BCUT2D eigenvalue weighted by Crippen LogP contribution is -2.48. The van der Waals surface area contributed by atoms with E-state index in [0.717, 1.165) is 25.9 Å². The fourth-order valence-electron chi connectivity index (χ4n) is 2.95. The molecular formula is C19H22N2O. The van der Waals surface area contributed by atoms with Crippen molar-refractivity contribution in [1.82, 2.24) is 10.2 Å². The van der Waals surface area contributed by atoms with Gasteiger partial charge in [0.25, 0.3) is 0 Å². The maximum atomic E-state index is 12.6. The molecule has 1 unspecified atom stereocenters. The summed E-state index contributed by atoms with van der Waals surface area (Å²) in [4.78, 5) is 14.4. The number of amides is 1. The molecule has 1 aliphatic heterocycles. The van der Waals surface area contributed by atoms with Crippen molar-refractivity contribution in [3.8, 4) is 0 Å². The first-order valence-electron chi connectivity index (χ1n) is 7.83. The number of hydrogen-bond acceptors (Lipinski definition) is 2. The Labute approximate surface area is 132 Å². The summed E-state index contributed by atoms with van der Waals surface area (Å²) in [6.07, 6.45) is 1.68. The van der Waals surface area contributed by atoms with Crippen molar-refractivity contribution in [3.63, 3.8) is 0 Å². The van der Waals surface area contributed by atoms with Crippen LogP contribution in [-0.4, -0.2) is 30.4 Å². The van der Waals surface area contributed by atoms with Crippen LogP contribution in [0.5, 0.6) is 0 Å². The monoisotopic (exact) mass is 294 g/mol. The quantitative estimate of drug-likeness (QED) is 0.939. The van der Waals surface area contributed by atoms with Gasteiger partial charge in [-0.15, -0.1) is 0 Å². The van der Waals surface area contributed by atoms with E-state index in [1.165, 1.54) is 16.7 Å². The average molecular weight is 294 g/mol. The molecule has 3 rings (SSSR count). The molecule has 2 aromatic rings. The van der Waals surface area contributed by atoms with Crippen molar-refractivity contribution >= 4 is 5.91 Å². The van der Waals surface area contributed by atoms with Gasteiger partial charge in [-0.25, -0.2) is 0 Å². The lowest BCUT2D eigenvalue weighted by Gasteiger charge is -2.29. The van der Waals surface area contributed by atoms with Crippen LogP contribution in [0.25, 0.3) is 0 Å². The number of nitrogens with one attached hydrogen (secondary N) is 1. The van der Waals surface area contributed by atoms with Gasteiger partial charge in [-0.05, 0) is 29.5 Å². The summed E-state index contributed by atoms with van der Waals surface area (Å²) in [7, 11) is 1.90. The van der Waals surface area contributed by atoms with Crippen LogP contribution in [0, 0.1) is 0 Å². The van der Waals surface area contributed by atoms with Gasteiger partial charge in [0, 0.05) is 20.1 Å². The van der Waals surface area contributed by atoms with E-state index in [2.05, 4.69) is 35.6 Å². The first kappa shape index (κ1) is 14.8. The molecule has 0 saturated carbocycles. The summed E-state index contributed by atoms with van der Waals surface area (Å²) in [5.41, 5.74) is 3.86. The fraction of sp³-hybridized carbons (Fsp3) is 0.316. The standard InChI is InChI=1S/C19H22N2O/c1-21(12-11-15-7-3-2-4-8-15)19(22)18-13-16-9-5-6-10-17(16)14-20-18/h2-10,18,20H,11-14H2,1H3. The SMILES string of the molecule is CN(CCc1ccccc1)C(=O)C1Cc2ccccc2CN1. The van der Waals surface area contributed by atoms with E-state index in [9.17, 15) is 4.79 Å². The van der Waals surface area contributed by atoms with Crippen LogP contribution in [0.1, 0.15) is 16.7 Å². The zero-order valence-electron chi connectivity index (χ0n) is 13.0. The molecule has 114 valence electrons. The number of carbonyl (C=O) groups is 1. The topological polar surface area (TPSA) is 32.3 Å². The normalized spacial score (nSPS) is 16.9. The van der Waals surface area contributed by atoms with Gasteiger partial charge in [0.1, 0.15) is 0 Å². The van der Waals surface area contributed by atoms with E-state index in [-0.39, 0.29) is 11.9 Å². The third kappa shape index (κ3) is 3.37. The third-order valence-corrected chi connectivity index (χ3v) is 4.33. The second-order valence-corrected chi connectivity index (χ2v) is 5.90. The van der Waals surface area contributed by atoms with Crippen LogP contribution in [0.3, 0.4) is 0 Å². The highest BCUT2D eigenvalue weighted by molar-refractivity contribution is 5.82. The largest absolute Gasteiger partial charge is 0.344 e. The van der Waals surface area contributed by atoms with Crippen LogP contribution < -0.4 is 5.32 Å². The highest BCUT2D eigenvalue weighted by atomic mass is 16.2. The van der Waals surface area contributed by atoms with E-state index < -0.39 is 0 Å². The number of hydrogen-bond donors (Lipinski definition) is 1. The minimum atomic E-state index is -0.101. The number of fused-ring (bicyclic) bond motifs is 1. The van der Waals surface area contributed by atoms with Crippen LogP contribution in [0.15, 0.2) is 54.6 Å². The lowest BCUT2D eigenvalue weighted by molar-refractivity contribution is -0.132. The lowest BCUT2D eigenvalue weighted by atomic mass is 9.95. The third-order valence-electron chi connectivity index (χ3n) is 4.33. The van der Waals surface area contributed by atoms with Gasteiger partial charge in [0.2, 0.25) is 5.91 Å². The van der Waals surface area contributed by atoms with Gasteiger partial charge in [-0.2, -0.15) is 0 Å². The molecule has 1 atom stereocenters. The summed E-state index contributed by atoms with van der Waals surface area (Å²) in [5, 5.41) is 3.36. The summed E-state index contributed by atoms with van der Waals surface area (Å²) in [5.74, 6) is 0.186. The first-order chi connectivity index (χ1) is 10.7. The second-order valence-electron chi connectivity index (χ2n) is 5.90. The Balaban J connectivity index is 1.57. The molecule has 1 N–H and O–H groups in total. The van der Waals surface area contributed by atoms with Crippen molar-refractivity contribution in [3.05, 3.63) is 71.3 Å². The Hall–Kier alpha value is -2.13. The average Bonchev–Trinajstić information content (AvgIpc) is 2.59. The van der Waals surface area contributed by atoms with E-state index in [1.54, 1.807) is 0 Å². The number of rotatable bonds is 4. The number of nitrogens with zero attached hydrogens (tertiary/aromatic N) is 1. The predicted molar refractivity (Wildman–Crippen MR) is 88.6 cm³/mol. The van der Waals surface area contributed by atoms with Crippen molar-refractivity contribution < 1.29 is 4.79 Å². The molecule has 0 aromatic heterocycles. The molecule has 0 bridgehead atoms. The molecule has 2 aromatic carbocycles. The molecule has 22 heavy (non-hydrogen) atoms. The summed E-state index contributed by atoms with van der Waals surface area (Å²) in [6.45, 7) is 1.53. The smallest absolute Gasteiger partial charge is 0.239 e. The minimum absolute atomic E-state index is 0.101. The van der Waals surface area contributed by atoms with Gasteiger partial charge in [-0.1, -0.05) is 54.6 Å². The van der Waals surface area contributed by atoms with E-state index in [4.69, 9.17) is 0 Å². The van der Waals surface area contributed by atoms with E-state index in [1.807, 2.05) is 36.2 Å². The molecule has 3 nitrogen and oxygen atoms in total. The zero-order valence-corrected chi connectivity index (χ0v) is 13.0. The molecule has 3 heteroatoms. The molecule has 0 radical (unpaired) electrons. The summed E-state index contributed by atoms with van der Waals surface area (Å²) in [6, 6.07) is 18.5. The van der Waals surface area contributed by atoms with Gasteiger partial charge < -0.3 is 10.2 Å². The molecule has 0 fully saturated rings. The molecule has 0 spiro atoms. The Bertz CT molecular complexity index is 639. The number of benzene rings is 2. The molecule has 0 aliphatic carbocycles. The summed E-state index contributed by atoms with van der Waals surface area (Å²) >= 11 is 0. The van der Waals surface area contributed by atoms with Crippen molar-refractivity contribution in [2.24, 2.45) is 0 Å². The molecular weight excluding hydrogens is 272 g/mol. The maximum absolute atomic E-state index is 12.6. The minimum Gasteiger partial charge on any atom is -0.344 e. The van der Waals surface area contributed by atoms with Crippen LogP contribution in [0.2, 0.25) is 0 Å². The first-order valence-corrected chi connectivity index (χ1v) is 7.83. The molecule has 1 aliphatic rings. The van der Waals surface area contributed by atoms with Crippen molar-refractivity contribution in [2.45, 2.75) is 25.4 Å². The van der Waals surface area contributed by atoms with E-state index >= 15 is 0 Å². The van der Waals surface area contributed by atoms with Crippen LogP contribution >= 0.6 is 0 Å². The molecule has 1 heterocycles. The fourth-order valence-corrected chi connectivity index (χ4v) is 2.95. The Morgan fingerprint density at radius 2 is 1.77 bits per heavy atom. The van der Waals surface area contributed by atoms with Gasteiger partial charge in [-0.3, -0.25) is 4.79 Å². The Morgan fingerprint density at radius 1 is 1.09 bits per heavy atom. The Morgan fingerprint density at radius 3 is 2.55 bits per heavy atom. The van der Waals surface area contributed by atoms with Crippen molar-refractivity contribution in [1.29, 1.82) is 0 Å². The Kier molecular flexibility index (Phi) is 4.54. The highest BCUT2D eigenvalue weighted by Crippen LogP contribution is 2.17. The van der Waals surface area contributed by atoms with Crippen molar-refractivity contribution in [2.75, 3.05) is 13.6 Å². The number of carbonyl (C=O) groups excluding carboxylic acids is 1.